The molecule has 1 heterocycles. The second-order valence-electron chi connectivity index (χ2n) is 6.51. The highest BCUT2D eigenvalue weighted by molar-refractivity contribution is 6.31. The summed E-state index contributed by atoms with van der Waals surface area (Å²) in [4.78, 5) is 2.31. The van der Waals surface area contributed by atoms with Crippen molar-refractivity contribution in [2.24, 2.45) is 5.92 Å². The summed E-state index contributed by atoms with van der Waals surface area (Å²) in [6, 6.07) is 3.75. The Balaban J connectivity index is 0.00000208. The Bertz CT molecular complexity index is 539. The predicted octanol–water partition coefficient (Wildman–Crippen LogP) is 4.92. The topological polar surface area (TPSA) is 15.3 Å². The third kappa shape index (κ3) is 4.37. The van der Waals surface area contributed by atoms with Gasteiger partial charge in [-0.2, -0.15) is 13.2 Å². The molecular weight excluding hydrogens is 360 g/mol. The lowest BCUT2D eigenvalue weighted by molar-refractivity contribution is -0.137. The molecule has 0 aromatic heterocycles. The SMILES string of the molecule is Cl.FC(F)(F)c1ccc(Cl)c([C@H](C2CCCC2)N2CCNCC2)c1. The van der Waals surface area contributed by atoms with Crippen LogP contribution in [-0.2, 0) is 6.18 Å². The van der Waals surface area contributed by atoms with Gasteiger partial charge < -0.3 is 5.32 Å². The molecule has 1 aliphatic heterocycles. The van der Waals surface area contributed by atoms with Crippen LogP contribution in [0.15, 0.2) is 18.2 Å². The zero-order chi connectivity index (χ0) is 16.4. The van der Waals surface area contributed by atoms with Gasteiger partial charge in [-0.15, -0.1) is 12.4 Å². The third-order valence-corrected chi connectivity index (χ3v) is 5.38. The van der Waals surface area contributed by atoms with Gasteiger partial charge in [0.05, 0.1) is 5.56 Å². The van der Waals surface area contributed by atoms with Gasteiger partial charge in [0, 0.05) is 37.2 Å². The van der Waals surface area contributed by atoms with Crippen molar-refractivity contribution in [3.8, 4) is 0 Å². The molecule has 2 aliphatic rings. The van der Waals surface area contributed by atoms with Crippen LogP contribution in [0, 0.1) is 5.92 Å². The minimum Gasteiger partial charge on any atom is -0.314 e. The molecule has 3 rings (SSSR count). The fourth-order valence-corrected chi connectivity index (χ4v) is 4.16. The van der Waals surface area contributed by atoms with E-state index in [0.29, 0.717) is 16.5 Å². The quantitative estimate of drug-likeness (QED) is 0.797. The molecule has 0 bridgehead atoms. The molecule has 1 aromatic carbocycles. The molecule has 1 N–H and O–H groups in total. The van der Waals surface area contributed by atoms with E-state index in [4.69, 9.17) is 11.6 Å². The summed E-state index contributed by atoms with van der Waals surface area (Å²) < 4.78 is 39.3. The van der Waals surface area contributed by atoms with E-state index in [2.05, 4.69) is 10.2 Å². The van der Waals surface area contributed by atoms with Crippen molar-refractivity contribution in [1.82, 2.24) is 10.2 Å². The highest BCUT2D eigenvalue weighted by Crippen LogP contribution is 2.43. The Kier molecular flexibility index (Phi) is 6.82. The van der Waals surface area contributed by atoms with Crippen LogP contribution in [0.3, 0.4) is 0 Å². The van der Waals surface area contributed by atoms with Crippen LogP contribution in [0.4, 0.5) is 13.2 Å². The maximum atomic E-state index is 13.1. The summed E-state index contributed by atoms with van der Waals surface area (Å²) in [5, 5.41) is 3.76. The van der Waals surface area contributed by atoms with Crippen LogP contribution in [0.5, 0.6) is 0 Å². The summed E-state index contributed by atoms with van der Waals surface area (Å²) in [5.74, 6) is 0.397. The van der Waals surface area contributed by atoms with E-state index in [1.54, 1.807) is 0 Å². The maximum Gasteiger partial charge on any atom is 0.416 e. The summed E-state index contributed by atoms with van der Waals surface area (Å²) >= 11 is 6.33. The number of nitrogens with one attached hydrogen (secondary N) is 1. The van der Waals surface area contributed by atoms with Gasteiger partial charge in [0.25, 0.3) is 0 Å². The van der Waals surface area contributed by atoms with E-state index in [9.17, 15) is 13.2 Å². The second kappa shape index (κ2) is 8.26. The molecule has 2 nitrogen and oxygen atoms in total. The summed E-state index contributed by atoms with van der Waals surface area (Å²) in [6.45, 7) is 3.46. The molecular formula is C17H23Cl2F3N2. The third-order valence-electron chi connectivity index (χ3n) is 5.03. The van der Waals surface area contributed by atoms with E-state index in [1.165, 1.54) is 12.1 Å². The normalized spacial score (nSPS) is 21.5. The van der Waals surface area contributed by atoms with Gasteiger partial charge in [-0.3, -0.25) is 4.90 Å². The fourth-order valence-electron chi connectivity index (χ4n) is 3.93. The van der Waals surface area contributed by atoms with Crippen molar-refractivity contribution in [2.75, 3.05) is 26.2 Å². The van der Waals surface area contributed by atoms with Gasteiger partial charge in [0.2, 0.25) is 0 Å². The number of nitrogens with zero attached hydrogens (tertiary/aromatic N) is 1. The molecule has 2 fully saturated rings. The van der Waals surface area contributed by atoms with E-state index in [1.807, 2.05) is 0 Å². The van der Waals surface area contributed by atoms with Gasteiger partial charge in [0.15, 0.2) is 0 Å². The van der Waals surface area contributed by atoms with Crippen molar-refractivity contribution < 1.29 is 13.2 Å². The lowest BCUT2D eigenvalue weighted by Crippen LogP contribution is -2.46. The van der Waals surface area contributed by atoms with Crippen LogP contribution in [0.2, 0.25) is 5.02 Å². The first-order chi connectivity index (χ1) is 11.0. The van der Waals surface area contributed by atoms with Crippen molar-refractivity contribution in [1.29, 1.82) is 0 Å². The van der Waals surface area contributed by atoms with E-state index in [0.717, 1.165) is 57.9 Å². The Morgan fingerprint density at radius 1 is 1.12 bits per heavy atom. The number of hydrogen-bond donors (Lipinski definition) is 1. The average molecular weight is 383 g/mol. The van der Waals surface area contributed by atoms with Gasteiger partial charge >= 0.3 is 6.18 Å². The predicted molar refractivity (Wildman–Crippen MR) is 92.8 cm³/mol. The molecule has 1 saturated carbocycles. The van der Waals surface area contributed by atoms with Crippen LogP contribution in [0.1, 0.15) is 42.9 Å². The largest absolute Gasteiger partial charge is 0.416 e. The molecule has 24 heavy (non-hydrogen) atoms. The van der Waals surface area contributed by atoms with Gasteiger partial charge in [0.1, 0.15) is 0 Å². The number of rotatable bonds is 3. The highest BCUT2D eigenvalue weighted by Gasteiger charge is 2.36. The first-order valence-electron chi connectivity index (χ1n) is 8.28. The Morgan fingerprint density at radius 2 is 1.75 bits per heavy atom. The van der Waals surface area contributed by atoms with Crippen LogP contribution >= 0.6 is 24.0 Å². The molecule has 1 saturated heterocycles. The maximum absolute atomic E-state index is 13.1. The van der Waals surface area contributed by atoms with E-state index >= 15 is 0 Å². The van der Waals surface area contributed by atoms with Crippen molar-refractivity contribution in [3.05, 3.63) is 34.3 Å². The Hall–Kier alpha value is -0.490. The van der Waals surface area contributed by atoms with Gasteiger partial charge in [-0.1, -0.05) is 24.4 Å². The number of alkyl halides is 3. The monoisotopic (exact) mass is 382 g/mol. The number of hydrogen-bond acceptors (Lipinski definition) is 2. The smallest absolute Gasteiger partial charge is 0.314 e. The van der Waals surface area contributed by atoms with Crippen LogP contribution < -0.4 is 5.32 Å². The highest BCUT2D eigenvalue weighted by atomic mass is 35.5. The van der Waals surface area contributed by atoms with Crippen LogP contribution in [0.25, 0.3) is 0 Å². The zero-order valence-corrected chi connectivity index (χ0v) is 15.0. The Morgan fingerprint density at radius 3 is 2.33 bits per heavy atom. The summed E-state index contributed by atoms with van der Waals surface area (Å²) in [6.07, 6.45) is 0.124. The zero-order valence-electron chi connectivity index (χ0n) is 13.4. The molecule has 1 aromatic rings. The average Bonchev–Trinajstić information content (AvgIpc) is 3.03. The fraction of sp³-hybridized carbons (Fsp3) is 0.647. The van der Waals surface area contributed by atoms with Crippen LogP contribution in [-0.4, -0.2) is 31.1 Å². The van der Waals surface area contributed by atoms with E-state index in [-0.39, 0.29) is 18.4 Å². The molecule has 7 heteroatoms. The van der Waals surface area contributed by atoms with Crippen molar-refractivity contribution in [2.45, 2.75) is 37.9 Å². The minimum absolute atomic E-state index is 0. The first kappa shape index (κ1) is 19.8. The minimum atomic E-state index is -4.33. The number of piperazine rings is 1. The molecule has 0 unspecified atom stereocenters. The standard InChI is InChI=1S/C17H22ClF3N2.ClH/c18-15-6-5-13(17(19,20)21)11-14(15)16(12-3-1-2-4-12)23-9-7-22-8-10-23;/h5-6,11-12,16,22H,1-4,7-10H2;1H/t16-;/m0./s1. The molecule has 1 aliphatic carbocycles. The van der Waals surface area contributed by atoms with Crippen molar-refractivity contribution >= 4 is 24.0 Å². The lowest BCUT2D eigenvalue weighted by atomic mass is 9.88. The molecule has 136 valence electrons. The summed E-state index contributed by atoms with van der Waals surface area (Å²) in [5.41, 5.74) is 0.0466. The number of benzene rings is 1. The van der Waals surface area contributed by atoms with Gasteiger partial charge in [-0.25, -0.2) is 0 Å². The lowest BCUT2D eigenvalue weighted by Gasteiger charge is -2.39. The first-order valence-corrected chi connectivity index (χ1v) is 8.66. The van der Waals surface area contributed by atoms with Gasteiger partial charge in [-0.05, 0) is 42.5 Å². The van der Waals surface area contributed by atoms with Crippen molar-refractivity contribution in [3.63, 3.8) is 0 Å². The molecule has 0 amide bonds. The summed E-state index contributed by atoms with van der Waals surface area (Å²) in [7, 11) is 0. The van der Waals surface area contributed by atoms with E-state index < -0.39 is 11.7 Å². The molecule has 1 atom stereocenters. The second-order valence-corrected chi connectivity index (χ2v) is 6.92. The number of halogens is 5. The Labute approximate surface area is 152 Å². The molecule has 0 radical (unpaired) electrons. The molecule has 0 spiro atoms.